The van der Waals surface area contributed by atoms with Gasteiger partial charge in [-0.2, -0.15) is 0 Å². The molecule has 1 aliphatic heterocycles. The van der Waals surface area contributed by atoms with Crippen molar-refractivity contribution in [1.82, 2.24) is 14.5 Å². The van der Waals surface area contributed by atoms with E-state index >= 15 is 0 Å². The fourth-order valence-electron chi connectivity index (χ4n) is 3.99. The summed E-state index contributed by atoms with van der Waals surface area (Å²) in [5.74, 6) is -0.371. The van der Waals surface area contributed by atoms with Crippen molar-refractivity contribution in [3.63, 3.8) is 0 Å². The largest absolute Gasteiger partial charge is 0.478 e. The highest BCUT2D eigenvalue weighted by atomic mass is 16.4. The van der Waals surface area contributed by atoms with Crippen LogP contribution in [-0.4, -0.2) is 44.5 Å². The summed E-state index contributed by atoms with van der Waals surface area (Å²) in [6.07, 6.45) is 9.34. The smallest absolute Gasteiger partial charge is 0.335 e. The predicted octanol–water partition coefficient (Wildman–Crippen LogP) is 2.77. The molecule has 0 spiro atoms. The minimum atomic E-state index is -0.910. The minimum Gasteiger partial charge on any atom is -0.478 e. The summed E-state index contributed by atoms with van der Waals surface area (Å²) in [5, 5.41) is 9.04. The summed E-state index contributed by atoms with van der Waals surface area (Å²) in [6, 6.07) is 7.08. The lowest BCUT2D eigenvalue weighted by molar-refractivity contribution is -0.138. The number of carbonyl (C=O) groups is 2. The van der Waals surface area contributed by atoms with Crippen LogP contribution in [-0.2, 0) is 11.3 Å². The molecule has 0 radical (unpaired) electrons. The Hall–Kier alpha value is -2.63. The maximum atomic E-state index is 13.1. The first-order chi connectivity index (χ1) is 12.6. The van der Waals surface area contributed by atoms with E-state index in [0.29, 0.717) is 12.1 Å². The molecule has 136 valence electrons. The van der Waals surface area contributed by atoms with Crippen molar-refractivity contribution >= 4 is 11.9 Å². The van der Waals surface area contributed by atoms with Gasteiger partial charge >= 0.3 is 5.97 Å². The number of benzene rings is 1. The van der Waals surface area contributed by atoms with E-state index < -0.39 is 5.97 Å². The number of rotatable bonds is 5. The number of aromatic carboxylic acids is 1. The lowest BCUT2D eigenvalue weighted by atomic mass is 9.89. The molecule has 26 heavy (non-hydrogen) atoms. The monoisotopic (exact) mass is 353 g/mol. The number of hydrogen-bond acceptors (Lipinski definition) is 3. The Bertz CT molecular complexity index is 794. The molecule has 1 saturated heterocycles. The van der Waals surface area contributed by atoms with Crippen LogP contribution in [0.15, 0.2) is 43.0 Å². The van der Waals surface area contributed by atoms with Crippen LogP contribution in [0.1, 0.15) is 47.5 Å². The lowest BCUT2D eigenvalue weighted by Gasteiger charge is -2.35. The van der Waals surface area contributed by atoms with E-state index in [-0.39, 0.29) is 17.2 Å². The molecule has 2 heterocycles. The minimum absolute atomic E-state index is 0.254. The number of carboxylic acid groups (broad SMARTS) is 1. The topological polar surface area (TPSA) is 75.4 Å². The molecule has 2 aliphatic rings. The molecule has 1 unspecified atom stereocenters. The van der Waals surface area contributed by atoms with Gasteiger partial charge in [0.05, 0.1) is 17.3 Å². The summed E-state index contributed by atoms with van der Waals surface area (Å²) < 4.78 is 2.00. The van der Waals surface area contributed by atoms with E-state index in [0.717, 1.165) is 44.3 Å². The molecule has 1 aromatic carbocycles. The van der Waals surface area contributed by atoms with Crippen molar-refractivity contribution < 1.29 is 14.7 Å². The maximum Gasteiger partial charge on any atom is 0.335 e. The summed E-state index contributed by atoms with van der Waals surface area (Å²) in [5.41, 5.74) is 1.16. The highest BCUT2D eigenvalue weighted by Crippen LogP contribution is 2.49. The number of nitrogens with zero attached hydrogens (tertiary/aromatic N) is 3. The lowest BCUT2D eigenvalue weighted by Crippen LogP contribution is -2.44. The molecule has 1 amide bonds. The Labute approximate surface area is 152 Å². The second-order valence-corrected chi connectivity index (χ2v) is 7.53. The van der Waals surface area contributed by atoms with Gasteiger partial charge < -0.3 is 14.6 Å². The van der Waals surface area contributed by atoms with E-state index in [9.17, 15) is 9.59 Å². The van der Waals surface area contributed by atoms with Gasteiger partial charge in [-0.3, -0.25) is 4.79 Å². The molecule has 1 N–H and O–H groups in total. The summed E-state index contributed by atoms with van der Waals surface area (Å²) in [7, 11) is 0. The Morgan fingerprint density at radius 1 is 1.23 bits per heavy atom. The average Bonchev–Trinajstić information content (AvgIpc) is 3.26. The summed E-state index contributed by atoms with van der Waals surface area (Å²) in [6.45, 7) is 2.24. The zero-order valence-corrected chi connectivity index (χ0v) is 14.7. The second-order valence-electron chi connectivity index (χ2n) is 7.53. The zero-order chi connectivity index (χ0) is 18.1. The molecule has 1 aliphatic carbocycles. The van der Waals surface area contributed by atoms with Crippen molar-refractivity contribution in [2.75, 3.05) is 13.1 Å². The quantitative estimate of drug-likeness (QED) is 0.897. The van der Waals surface area contributed by atoms with Crippen LogP contribution >= 0.6 is 0 Å². The summed E-state index contributed by atoms with van der Waals surface area (Å²) in [4.78, 5) is 30.3. The number of carbonyl (C=O) groups excluding carboxylic acids is 1. The third kappa shape index (κ3) is 3.23. The van der Waals surface area contributed by atoms with Gasteiger partial charge in [0.1, 0.15) is 0 Å². The molecule has 1 aromatic heterocycles. The zero-order valence-electron chi connectivity index (χ0n) is 14.7. The van der Waals surface area contributed by atoms with Crippen LogP contribution in [0.2, 0.25) is 0 Å². The van der Waals surface area contributed by atoms with Gasteiger partial charge in [-0.05, 0) is 43.4 Å². The maximum absolute atomic E-state index is 13.1. The number of piperidine rings is 1. The molecule has 2 aromatic rings. The summed E-state index contributed by atoms with van der Waals surface area (Å²) >= 11 is 0. The molecule has 0 bridgehead atoms. The van der Waals surface area contributed by atoms with Gasteiger partial charge in [0.2, 0.25) is 5.91 Å². The molecule has 1 atom stereocenters. The molecule has 6 heteroatoms. The average molecular weight is 353 g/mol. The fraction of sp³-hybridized carbons (Fsp3) is 0.450. The number of likely N-dealkylation sites (tertiary alicyclic amines) is 1. The molecule has 6 nitrogen and oxygen atoms in total. The molecule has 4 rings (SSSR count). The highest BCUT2D eigenvalue weighted by Gasteiger charge is 2.52. The van der Waals surface area contributed by atoms with Crippen LogP contribution in [0.25, 0.3) is 0 Å². The van der Waals surface area contributed by atoms with Crippen LogP contribution in [0, 0.1) is 5.41 Å². The Kier molecular flexibility index (Phi) is 4.26. The van der Waals surface area contributed by atoms with Crippen LogP contribution < -0.4 is 0 Å². The fourth-order valence-corrected chi connectivity index (χ4v) is 3.99. The first-order valence-electron chi connectivity index (χ1n) is 9.16. The first kappa shape index (κ1) is 16.8. The van der Waals surface area contributed by atoms with Crippen LogP contribution in [0.5, 0.6) is 0 Å². The van der Waals surface area contributed by atoms with E-state index in [4.69, 9.17) is 5.11 Å². The van der Waals surface area contributed by atoms with Crippen molar-refractivity contribution in [2.45, 2.75) is 38.1 Å². The van der Waals surface area contributed by atoms with Gasteiger partial charge in [-0.1, -0.05) is 12.1 Å². The van der Waals surface area contributed by atoms with Gasteiger partial charge in [0, 0.05) is 37.9 Å². The van der Waals surface area contributed by atoms with Gasteiger partial charge in [-0.15, -0.1) is 0 Å². The normalized spacial score (nSPS) is 21.4. The Balaban J connectivity index is 1.44. The third-order valence-corrected chi connectivity index (χ3v) is 5.69. The predicted molar refractivity (Wildman–Crippen MR) is 95.9 cm³/mol. The Morgan fingerprint density at radius 3 is 2.62 bits per heavy atom. The first-order valence-corrected chi connectivity index (χ1v) is 9.16. The van der Waals surface area contributed by atoms with Crippen LogP contribution in [0.4, 0.5) is 0 Å². The second kappa shape index (κ2) is 6.59. The van der Waals surface area contributed by atoms with E-state index in [1.807, 2.05) is 27.8 Å². The Morgan fingerprint density at radius 2 is 2.00 bits per heavy atom. The van der Waals surface area contributed by atoms with Gasteiger partial charge in [0.15, 0.2) is 0 Å². The van der Waals surface area contributed by atoms with Gasteiger partial charge in [-0.25, -0.2) is 9.78 Å². The molecule has 2 fully saturated rings. The van der Waals surface area contributed by atoms with Crippen molar-refractivity contribution in [2.24, 2.45) is 5.41 Å². The molecular formula is C20H23N3O3. The van der Waals surface area contributed by atoms with Crippen molar-refractivity contribution in [1.29, 1.82) is 0 Å². The van der Waals surface area contributed by atoms with E-state index in [2.05, 4.69) is 4.98 Å². The van der Waals surface area contributed by atoms with Crippen molar-refractivity contribution in [3.8, 4) is 0 Å². The number of amides is 1. The third-order valence-electron chi connectivity index (χ3n) is 5.69. The standard InChI is InChI=1S/C20H23N3O3/c24-18(25)16-5-3-15(4-6-16)17-2-1-10-23(12-17)19(26)20(7-8-20)13-22-11-9-21-14-22/h3-6,9,11,14,17H,1-2,7-8,10,12-13H2,(H,24,25). The van der Waals surface area contributed by atoms with Crippen LogP contribution in [0.3, 0.4) is 0 Å². The molecule has 1 saturated carbocycles. The number of imidazole rings is 1. The number of hydrogen-bond donors (Lipinski definition) is 1. The van der Waals surface area contributed by atoms with Crippen molar-refractivity contribution in [3.05, 3.63) is 54.1 Å². The van der Waals surface area contributed by atoms with Gasteiger partial charge in [0.25, 0.3) is 0 Å². The van der Waals surface area contributed by atoms with E-state index in [1.165, 1.54) is 0 Å². The molecular weight excluding hydrogens is 330 g/mol. The number of carboxylic acids is 1. The SMILES string of the molecule is O=C(O)c1ccc(C2CCCN(C(=O)C3(Cn4ccnc4)CC3)C2)cc1. The number of aromatic nitrogens is 2. The van der Waals surface area contributed by atoms with E-state index in [1.54, 1.807) is 24.7 Å². The highest BCUT2D eigenvalue weighted by molar-refractivity contribution is 5.87.